The van der Waals surface area contributed by atoms with Crippen LogP contribution >= 0.6 is 0 Å². The molecule has 0 atom stereocenters. The molecule has 0 aliphatic carbocycles. The molecule has 0 N–H and O–H groups in total. The molecule has 24 heavy (non-hydrogen) atoms. The van der Waals surface area contributed by atoms with Gasteiger partial charge >= 0.3 is 0 Å². The molecule has 3 rings (SSSR count). The Morgan fingerprint density at radius 1 is 0.958 bits per heavy atom. The predicted octanol–water partition coefficient (Wildman–Crippen LogP) is 3.79. The van der Waals surface area contributed by atoms with Crippen molar-refractivity contribution >= 4 is 0 Å². The van der Waals surface area contributed by atoms with Gasteiger partial charge in [-0.05, 0) is 49.5 Å². The second kappa shape index (κ2) is 7.32. The normalized spacial score (nSPS) is 11.0. The van der Waals surface area contributed by atoms with Crippen molar-refractivity contribution in [1.82, 2.24) is 14.7 Å². The van der Waals surface area contributed by atoms with Crippen molar-refractivity contribution in [3.8, 4) is 28.1 Å². The summed E-state index contributed by atoms with van der Waals surface area (Å²) < 4.78 is 7.22. The molecule has 0 fully saturated rings. The van der Waals surface area contributed by atoms with E-state index in [1.165, 1.54) is 11.1 Å². The maximum atomic E-state index is 5.22. The first-order valence-corrected chi connectivity index (χ1v) is 8.09. The van der Waals surface area contributed by atoms with Crippen molar-refractivity contribution in [2.45, 2.75) is 6.54 Å². The highest BCUT2D eigenvalue weighted by Gasteiger charge is 2.05. The van der Waals surface area contributed by atoms with Gasteiger partial charge in [-0.25, -0.2) is 0 Å². The van der Waals surface area contributed by atoms with Crippen LogP contribution in [0.25, 0.3) is 22.4 Å². The highest BCUT2D eigenvalue weighted by atomic mass is 16.5. The molecule has 0 radical (unpaired) electrons. The highest BCUT2D eigenvalue weighted by Crippen LogP contribution is 2.26. The molecular weight excluding hydrogens is 298 g/mol. The van der Waals surface area contributed by atoms with E-state index < -0.39 is 0 Å². The topological polar surface area (TPSA) is 30.3 Å². The molecule has 0 amide bonds. The summed E-state index contributed by atoms with van der Waals surface area (Å²) in [4.78, 5) is 2.16. The first kappa shape index (κ1) is 16.3. The van der Waals surface area contributed by atoms with Crippen molar-refractivity contribution in [3.63, 3.8) is 0 Å². The van der Waals surface area contributed by atoms with E-state index in [4.69, 9.17) is 4.74 Å². The number of likely N-dealkylation sites (N-methyl/N-ethyl adjacent to an activating group) is 1. The first-order valence-electron chi connectivity index (χ1n) is 8.09. The summed E-state index contributed by atoms with van der Waals surface area (Å²) >= 11 is 0. The Bertz CT molecular complexity index is 791. The van der Waals surface area contributed by atoms with Crippen molar-refractivity contribution in [3.05, 3.63) is 60.8 Å². The van der Waals surface area contributed by atoms with Gasteiger partial charge in [0.25, 0.3) is 0 Å². The Morgan fingerprint density at radius 2 is 1.71 bits per heavy atom. The standard InChI is InChI=1S/C20H23N3O/c1-22(2)13-14-23-12-11-20(21-23)18-6-4-5-17(15-18)16-7-9-19(24-3)10-8-16/h4-12,15H,13-14H2,1-3H3. The van der Waals surface area contributed by atoms with Crippen LogP contribution in [0.2, 0.25) is 0 Å². The summed E-state index contributed by atoms with van der Waals surface area (Å²) in [5.74, 6) is 0.870. The second-order valence-corrected chi connectivity index (χ2v) is 6.08. The summed E-state index contributed by atoms with van der Waals surface area (Å²) in [5.41, 5.74) is 4.48. The first-order chi connectivity index (χ1) is 11.7. The van der Waals surface area contributed by atoms with E-state index in [9.17, 15) is 0 Å². The van der Waals surface area contributed by atoms with Crippen LogP contribution in [0.15, 0.2) is 60.8 Å². The molecule has 0 aliphatic rings. The van der Waals surface area contributed by atoms with Gasteiger partial charge in [0.15, 0.2) is 0 Å². The molecule has 1 heterocycles. The minimum atomic E-state index is 0.870. The molecule has 4 nitrogen and oxygen atoms in total. The summed E-state index contributed by atoms with van der Waals surface area (Å²) in [7, 11) is 5.83. The Balaban J connectivity index is 1.82. The van der Waals surface area contributed by atoms with Crippen molar-refractivity contribution in [1.29, 1.82) is 0 Å². The molecule has 3 aromatic rings. The molecule has 0 saturated heterocycles. The Hall–Kier alpha value is -2.59. The van der Waals surface area contributed by atoms with E-state index >= 15 is 0 Å². The number of hydrogen-bond acceptors (Lipinski definition) is 3. The van der Waals surface area contributed by atoms with Crippen LogP contribution in [0.5, 0.6) is 5.75 Å². The number of rotatable bonds is 6. The predicted molar refractivity (Wildman–Crippen MR) is 98.2 cm³/mol. The zero-order valence-electron chi connectivity index (χ0n) is 14.4. The fourth-order valence-corrected chi connectivity index (χ4v) is 2.58. The van der Waals surface area contributed by atoms with Crippen molar-refractivity contribution < 1.29 is 4.74 Å². The minimum Gasteiger partial charge on any atom is -0.497 e. The third kappa shape index (κ3) is 3.84. The van der Waals surface area contributed by atoms with Crippen molar-refractivity contribution in [2.75, 3.05) is 27.7 Å². The maximum absolute atomic E-state index is 5.22. The summed E-state index contributed by atoms with van der Waals surface area (Å²) in [6, 6.07) is 18.7. The molecular formula is C20H23N3O. The van der Waals surface area contributed by atoms with Crippen LogP contribution in [-0.4, -0.2) is 42.4 Å². The Labute approximate surface area is 143 Å². The van der Waals surface area contributed by atoms with Crippen LogP contribution in [-0.2, 0) is 6.54 Å². The third-order valence-electron chi connectivity index (χ3n) is 4.00. The van der Waals surface area contributed by atoms with Gasteiger partial charge in [-0.3, -0.25) is 4.68 Å². The Morgan fingerprint density at radius 3 is 2.42 bits per heavy atom. The zero-order chi connectivity index (χ0) is 16.9. The lowest BCUT2D eigenvalue weighted by atomic mass is 10.0. The highest BCUT2D eigenvalue weighted by molar-refractivity contribution is 5.71. The number of methoxy groups -OCH3 is 1. The number of ether oxygens (including phenoxy) is 1. The SMILES string of the molecule is COc1ccc(-c2cccc(-c3ccn(CCN(C)C)n3)c2)cc1. The van der Waals surface area contributed by atoms with Crippen molar-refractivity contribution in [2.24, 2.45) is 0 Å². The van der Waals surface area contributed by atoms with Gasteiger partial charge in [0.1, 0.15) is 5.75 Å². The lowest BCUT2D eigenvalue weighted by Gasteiger charge is -2.09. The van der Waals surface area contributed by atoms with Crippen LogP contribution in [0.1, 0.15) is 0 Å². The lowest BCUT2D eigenvalue weighted by Crippen LogP contribution is -2.18. The van der Waals surface area contributed by atoms with E-state index in [2.05, 4.69) is 66.6 Å². The molecule has 124 valence electrons. The van der Waals surface area contributed by atoms with Gasteiger partial charge in [-0.2, -0.15) is 5.10 Å². The molecule has 1 aromatic heterocycles. The fraction of sp³-hybridized carbons (Fsp3) is 0.250. The van der Waals surface area contributed by atoms with Gasteiger partial charge in [0, 0.05) is 18.3 Å². The maximum Gasteiger partial charge on any atom is 0.118 e. The van der Waals surface area contributed by atoms with E-state index in [0.717, 1.165) is 30.1 Å². The summed E-state index contributed by atoms with van der Waals surface area (Å²) in [6.45, 7) is 1.87. The number of hydrogen-bond donors (Lipinski definition) is 0. The number of benzene rings is 2. The van der Waals surface area contributed by atoms with E-state index in [1.54, 1.807) is 7.11 Å². The molecule has 0 bridgehead atoms. The van der Waals surface area contributed by atoms with Gasteiger partial charge < -0.3 is 9.64 Å². The van der Waals surface area contributed by atoms with E-state index in [1.807, 2.05) is 23.0 Å². The van der Waals surface area contributed by atoms with Gasteiger partial charge in [0.05, 0.1) is 19.3 Å². The monoisotopic (exact) mass is 321 g/mol. The van der Waals surface area contributed by atoms with Crippen LogP contribution in [0, 0.1) is 0 Å². The number of aromatic nitrogens is 2. The molecule has 0 unspecified atom stereocenters. The van der Waals surface area contributed by atoms with E-state index in [0.29, 0.717) is 0 Å². The van der Waals surface area contributed by atoms with Crippen LogP contribution in [0.3, 0.4) is 0 Å². The third-order valence-corrected chi connectivity index (χ3v) is 4.00. The zero-order valence-corrected chi connectivity index (χ0v) is 14.4. The fourth-order valence-electron chi connectivity index (χ4n) is 2.58. The quantitative estimate of drug-likeness (QED) is 0.692. The molecule has 0 spiro atoms. The van der Waals surface area contributed by atoms with Gasteiger partial charge in [0.2, 0.25) is 0 Å². The average Bonchev–Trinajstić information content (AvgIpc) is 3.09. The largest absolute Gasteiger partial charge is 0.497 e. The molecule has 4 heteroatoms. The summed E-state index contributed by atoms with van der Waals surface area (Å²) in [5, 5.41) is 4.68. The average molecular weight is 321 g/mol. The summed E-state index contributed by atoms with van der Waals surface area (Å²) in [6.07, 6.45) is 2.04. The molecule has 0 aliphatic heterocycles. The molecule has 2 aromatic carbocycles. The minimum absolute atomic E-state index is 0.870. The van der Waals surface area contributed by atoms with Crippen LogP contribution < -0.4 is 4.74 Å². The van der Waals surface area contributed by atoms with Gasteiger partial charge in [-0.1, -0.05) is 30.3 Å². The van der Waals surface area contributed by atoms with Gasteiger partial charge in [-0.15, -0.1) is 0 Å². The smallest absolute Gasteiger partial charge is 0.118 e. The van der Waals surface area contributed by atoms with E-state index in [-0.39, 0.29) is 0 Å². The van der Waals surface area contributed by atoms with Crippen LogP contribution in [0.4, 0.5) is 0 Å². The second-order valence-electron chi connectivity index (χ2n) is 6.08. The number of nitrogens with zero attached hydrogens (tertiary/aromatic N) is 3. The Kier molecular flexibility index (Phi) is 4.96. The molecule has 0 saturated carbocycles. The lowest BCUT2D eigenvalue weighted by molar-refractivity contribution is 0.373.